The molecular formula is C15H21NO2. The van der Waals surface area contributed by atoms with Crippen LogP contribution in [0, 0.1) is 0 Å². The van der Waals surface area contributed by atoms with Crippen LogP contribution in [0.1, 0.15) is 29.1 Å². The van der Waals surface area contributed by atoms with Crippen LogP contribution in [0.2, 0.25) is 0 Å². The number of alkyl carbamates (subject to hydrolysis) is 1. The summed E-state index contributed by atoms with van der Waals surface area (Å²) < 4.78 is 21.0. The van der Waals surface area contributed by atoms with Crippen molar-refractivity contribution in [3.8, 4) is 0 Å². The molecule has 98 valence electrons. The van der Waals surface area contributed by atoms with Crippen LogP contribution in [0.25, 0.3) is 0 Å². The fourth-order valence-corrected chi connectivity index (χ4v) is 1.38. The Morgan fingerprint density at radius 2 is 2.17 bits per heavy atom. The summed E-state index contributed by atoms with van der Waals surface area (Å²) in [5.41, 5.74) is 0.188. The third-order valence-corrected chi connectivity index (χ3v) is 2.09. The Kier molecular flexibility index (Phi) is 3.93. The fourth-order valence-electron chi connectivity index (χ4n) is 1.38. The number of carbonyl (C=O) groups excluding carboxylic acids is 1. The zero-order valence-corrected chi connectivity index (χ0v) is 11.1. The van der Waals surface area contributed by atoms with Gasteiger partial charge in [0.05, 0.1) is 8.76 Å². The Bertz CT molecular complexity index is 482. The molecule has 3 heteroatoms. The minimum atomic E-state index is -1.61. The molecule has 0 fully saturated rings. The van der Waals surface area contributed by atoms with Gasteiger partial charge in [-0.1, -0.05) is 36.4 Å². The second-order valence-electron chi connectivity index (χ2n) is 4.94. The summed E-state index contributed by atoms with van der Waals surface area (Å²) >= 11 is 0. The zero-order chi connectivity index (χ0) is 15.4. The molecule has 1 aromatic rings. The Balaban J connectivity index is 2.82. The maximum Gasteiger partial charge on any atom is 0.408 e. The molecule has 0 saturated heterocycles. The number of benzene rings is 1. The van der Waals surface area contributed by atoms with Crippen molar-refractivity contribution < 1.29 is 12.3 Å². The van der Waals surface area contributed by atoms with Crippen molar-refractivity contribution in [2.45, 2.75) is 38.8 Å². The second-order valence-corrected chi connectivity index (χ2v) is 4.94. The Morgan fingerprint density at radius 3 is 2.67 bits per heavy atom. The summed E-state index contributed by atoms with van der Waals surface area (Å²) in [7, 11) is 0. The van der Waals surface area contributed by atoms with Crippen LogP contribution in [0.4, 0.5) is 4.79 Å². The second kappa shape index (κ2) is 6.24. The molecule has 0 saturated carbocycles. The molecule has 1 atom stereocenters. The van der Waals surface area contributed by atoms with Crippen LogP contribution in [-0.2, 0) is 11.2 Å². The first-order chi connectivity index (χ1) is 9.12. The molecule has 0 aliphatic rings. The summed E-state index contributed by atoms with van der Waals surface area (Å²) in [4.78, 5) is 11.8. The lowest BCUT2D eigenvalue weighted by atomic mass is 10.1. The molecule has 0 aliphatic heterocycles. The van der Waals surface area contributed by atoms with Crippen LogP contribution >= 0.6 is 0 Å². The van der Waals surface area contributed by atoms with Crippen LogP contribution in [0.3, 0.4) is 0 Å². The number of amides is 1. The largest absolute Gasteiger partial charge is 0.444 e. The quantitative estimate of drug-likeness (QED) is 0.831. The fraction of sp³-hybridized carbons (Fsp3) is 0.400. The zero-order valence-electron chi connectivity index (χ0n) is 13.1. The van der Waals surface area contributed by atoms with Crippen molar-refractivity contribution in [2.24, 2.45) is 0 Å². The van der Waals surface area contributed by atoms with Crippen molar-refractivity contribution >= 4 is 6.09 Å². The number of carbonyl (C=O) groups is 1. The van der Waals surface area contributed by atoms with E-state index in [1.807, 2.05) is 30.3 Å². The summed E-state index contributed by atoms with van der Waals surface area (Å²) in [6.45, 7) is 8.70. The highest BCUT2D eigenvalue weighted by atomic mass is 16.6. The number of hydrogen-bond donors (Lipinski definition) is 1. The van der Waals surface area contributed by atoms with Crippen LogP contribution in [0.15, 0.2) is 43.0 Å². The van der Waals surface area contributed by atoms with Gasteiger partial charge >= 0.3 is 6.09 Å². The molecule has 0 spiro atoms. The lowest BCUT2D eigenvalue weighted by Crippen LogP contribution is -2.39. The molecule has 0 aliphatic carbocycles. The summed E-state index contributed by atoms with van der Waals surface area (Å²) in [5, 5.41) is 2.42. The van der Waals surface area contributed by atoms with E-state index in [0.717, 1.165) is 5.56 Å². The van der Waals surface area contributed by atoms with E-state index < -0.39 is 17.7 Å². The third kappa shape index (κ3) is 5.53. The van der Waals surface area contributed by atoms with E-state index in [2.05, 4.69) is 11.9 Å². The van der Waals surface area contributed by atoms with Gasteiger partial charge in [0.1, 0.15) is 5.60 Å². The first kappa shape index (κ1) is 11.3. The molecular weight excluding hydrogens is 226 g/mol. The number of nitrogens with one attached hydrogen (secondary N) is 1. The number of ether oxygens (including phenoxy) is 1. The molecule has 0 heterocycles. The van der Waals surface area contributed by atoms with Gasteiger partial charge in [-0.3, -0.25) is 0 Å². The molecule has 18 heavy (non-hydrogen) atoms. The Morgan fingerprint density at radius 1 is 1.56 bits per heavy atom. The predicted molar refractivity (Wildman–Crippen MR) is 73.5 cm³/mol. The number of hydrogen-bond acceptors (Lipinski definition) is 2. The lowest BCUT2D eigenvalue weighted by Gasteiger charge is -2.22. The normalized spacial score (nSPS) is 15.9. The maximum absolute atomic E-state index is 11.8. The highest BCUT2D eigenvalue weighted by molar-refractivity contribution is 5.68. The molecule has 0 bridgehead atoms. The molecule has 1 amide bonds. The number of rotatable bonds is 4. The van der Waals surface area contributed by atoms with Gasteiger partial charge in [0, 0.05) is 0 Å². The first-order valence-electron chi connectivity index (χ1n) is 6.83. The van der Waals surface area contributed by atoms with E-state index in [9.17, 15) is 4.79 Å². The molecule has 0 unspecified atom stereocenters. The SMILES string of the molecule is [2H]C(=C)[C@]([2H])(Cc1ccccc1)NC(=O)OC(C)(C)C. The van der Waals surface area contributed by atoms with Crippen LogP contribution in [-0.4, -0.2) is 17.7 Å². The Labute approximate surface area is 112 Å². The average Bonchev–Trinajstić information content (AvgIpc) is 2.26. The van der Waals surface area contributed by atoms with E-state index in [-0.39, 0.29) is 12.5 Å². The van der Waals surface area contributed by atoms with Gasteiger partial charge in [0.25, 0.3) is 0 Å². The van der Waals surface area contributed by atoms with Gasteiger partial charge < -0.3 is 10.1 Å². The molecule has 3 nitrogen and oxygen atoms in total. The predicted octanol–water partition coefficient (Wildman–Crippen LogP) is 3.31. The van der Waals surface area contributed by atoms with Gasteiger partial charge in [-0.2, -0.15) is 0 Å². The van der Waals surface area contributed by atoms with Crippen LogP contribution < -0.4 is 5.32 Å². The monoisotopic (exact) mass is 249 g/mol. The van der Waals surface area contributed by atoms with Crippen molar-refractivity contribution in [3.63, 3.8) is 0 Å². The van der Waals surface area contributed by atoms with E-state index in [0.29, 0.717) is 0 Å². The van der Waals surface area contributed by atoms with Gasteiger partial charge in [-0.15, -0.1) is 6.58 Å². The molecule has 0 radical (unpaired) electrons. The van der Waals surface area contributed by atoms with Crippen molar-refractivity contribution in [1.82, 2.24) is 5.32 Å². The van der Waals surface area contributed by atoms with Crippen molar-refractivity contribution in [2.75, 3.05) is 0 Å². The molecule has 0 aromatic heterocycles. The smallest absolute Gasteiger partial charge is 0.408 e. The van der Waals surface area contributed by atoms with Gasteiger partial charge in [-0.05, 0) is 32.8 Å². The maximum atomic E-state index is 11.8. The third-order valence-electron chi connectivity index (χ3n) is 2.09. The van der Waals surface area contributed by atoms with Crippen LogP contribution in [0.5, 0.6) is 0 Å². The highest BCUT2D eigenvalue weighted by Crippen LogP contribution is 2.08. The van der Waals surface area contributed by atoms with E-state index in [1.54, 1.807) is 20.8 Å². The van der Waals surface area contributed by atoms with Crippen molar-refractivity contribution in [1.29, 1.82) is 0 Å². The summed E-state index contributed by atoms with van der Waals surface area (Å²) in [5.74, 6) is 0. The van der Waals surface area contributed by atoms with E-state index >= 15 is 0 Å². The van der Waals surface area contributed by atoms with Gasteiger partial charge in [-0.25, -0.2) is 4.79 Å². The van der Waals surface area contributed by atoms with E-state index in [4.69, 9.17) is 7.48 Å². The minimum absolute atomic E-state index is 0.162. The van der Waals surface area contributed by atoms with Gasteiger partial charge in [0.2, 0.25) is 0 Å². The highest BCUT2D eigenvalue weighted by Gasteiger charge is 2.18. The van der Waals surface area contributed by atoms with E-state index in [1.165, 1.54) is 0 Å². The molecule has 1 rings (SSSR count). The lowest BCUT2D eigenvalue weighted by molar-refractivity contribution is 0.0514. The summed E-state index contributed by atoms with van der Waals surface area (Å²) in [6, 6.07) is 7.43. The van der Waals surface area contributed by atoms with Gasteiger partial charge in [0.15, 0.2) is 0 Å². The topological polar surface area (TPSA) is 38.3 Å². The molecule has 1 N–H and O–H groups in total. The minimum Gasteiger partial charge on any atom is -0.444 e. The molecule has 1 aromatic carbocycles. The average molecular weight is 249 g/mol. The summed E-state index contributed by atoms with van der Waals surface area (Å²) in [6.07, 6.45) is -0.563. The first-order valence-corrected chi connectivity index (χ1v) is 5.83. The standard InChI is InChI=1S/C15H21NO2/c1-5-13(11-12-9-7-6-8-10-12)16-14(17)18-15(2,3)4/h5-10,13H,1,11H2,2-4H3,(H,16,17)/t13-/m1/s1/i5D,13D. The van der Waals surface area contributed by atoms with Crippen molar-refractivity contribution in [3.05, 3.63) is 48.5 Å². The Hall–Kier alpha value is -1.77.